The molecule has 2 aromatic heterocycles. The Bertz CT molecular complexity index is 837. The molecule has 0 aliphatic heterocycles. The lowest BCUT2D eigenvalue weighted by Crippen LogP contribution is -2.04. The van der Waals surface area contributed by atoms with Gasteiger partial charge in [-0.3, -0.25) is 0 Å². The summed E-state index contributed by atoms with van der Waals surface area (Å²) in [6.07, 6.45) is -0.892. The second-order valence-corrected chi connectivity index (χ2v) is 7.00. The number of hydrogen-bond donors (Lipinski definition) is 0. The van der Waals surface area contributed by atoms with E-state index in [1.165, 1.54) is 12.1 Å². The molecule has 0 aliphatic rings. The van der Waals surface area contributed by atoms with Crippen molar-refractivity contribution in [3.05, 3.63) is 56.5 Å². The molecule has 118 valence electrons. The van der Waals surface area contributed by atoms with Crippen LogP contribution in [0, 0.1) is 0 Å². The van der Waals surface area contributed by atoms with Crippen LogP contribution in [0.4, 0.5) is 13.2 Å². The fourth-order valence-electron chi connectivity index (χ4n) is 1.80. The van der Waals surface area contributed by atoms with Crippen LogP contribution in [0.3, 0.4) is 0 Å². The van der Waals surface area contributed by atoms with Crippen LogP contribution in [0.5, 0.6) is 0 Å². The molecule has 0 atom stereocenters. The molecule has 0 amide bonds. The molecular weight excluding hydrogens is 393 g/mol. The molecular formula is C15H8BrF3N2OS. The van der Waals surface area contributed by atoms with Crippen LogP contribution in [-0.4, -0.2) is 10.1 Å². The third-order valence-electron chi connectivity index (χ3n) is 2.90. The van der Waals surface area contributed by atoms with E-state index in [1.54, 1.807) is 17.4 Å². The summed E-state index contributed by atoms with van der Waals surface area (Å²) in [5, 5.41) is 3.77. The SMILES string of the molecule is FC(F)(F)c1ccc(-c2noc(/C=C/c3ccc(Br)s3)n2)cc1. The summed E-state index contributed by atoms with van der Waals surface area (Å²) in [6, 6.07) is 8.47. The molecule has 0 aliphatic carbocycles. The van der Waals surface area contributed by atoms with Gasteiger partial charge in [-0.25, -0.2) is 0 Å². The molecule has 3 aromatic rings. The first-order valence-electron chi connectivity index (χ1n) is 6.36. The molecule has 0 saturated carbocycles. The Morgan fingerprint density at radius 1 is 1.04 bits per heavy atom. The van der Waals surface area contributed by atoms with Gasteiger partial charge in [0.1, 0.15) is 0 Å². The monoisotopic (exact) mass is 400 g/mol. The maximum absolute atomic E-state index is 12.5. The standard InChI is InChI=1S/C15H8BrF3N2OS/c16-12-7-5-11(23-12)6-8-13-20-14(21-22-13)9-1-3-10(4-2-9)15(17,18)19/h1-8H/b8-6+. The minimum absolute atomic E-state index is 0.241. The highest BCUT2D eigenvalue weighted by atomic mass is 79.9. The summed E-state index contributed by atoms with van der Waals surface area (Å²) < 4.78 is 43.7. The Balaban J connectivity index is 1.77. The van der Waals surface area contributed by atoms with Crippen LogP contribution in [0.1, 0.15) is 16.3 Å². The number of hydrogen-bond acceptors (Lipinski definition) is 4. The molecule has 0 saturated heterocycles. The van der Waals surface area contributed by atoms with E-state index < -0.39 is 11.7 Å². The van der Waals surface area contributed by atoms with Gasteiger partial charge in [0.25, 0.3) is 5.89 Å². The number of alkyl halides is 3. The van der Waals surface area contributed by atoms with Gasteiger partial charge in [0, 0.05) is 16.5 Å². The van der Waals surface area contributed by atoms with E-state index in [1.807, 2.05) is 18.2 Å². The van der Waals surface area contributed by atoms with Crippen molar-refractivity contribution in [2.75, 3.05) is 0 Å². The third kappa shape index (κ3) is 3.89. The Morgan fingerprint density at radius 2 is 1.78 bits per heavy atom. The summed E-state index contributed by atoms with van der Waals surface area (Å²) in [7, 11) is 0. The smallest absolute Gasteiger partial charge is 0.334 e. The lowest BCUT2D eigenvalue weighted by molar-refractivity contribution is -0.137. The zero-order valence-corrected chi connectivity index (χ0v) is 13.7. The van der Waals surface area contributed by atoms with Crippen LogP contribution in [-0.2, 0) is 6.18 Å². The minimum Gasteiger partial charge on any atom is -0.334 e. The summed E-state index contributed by atoms with van der Waals surface area (Å²) in [5.41, 5.74) is -0.256. The van der Waals surface area contributed by atoms with Gasteiger partial charge >= 0.3 is 6.18 Å². The zero-order valence-electron chi connectivity index (χ0n) is 11.3. The lowest BCUT2D eigenvalue weighted by atomic mass is 10.1. The topological polar surface area (TPSA) is 38.9 Å². The summed E-state index contributed by atoms with van der Waals surface area (Å²) >= 11 is 4.91. The first kappa shape index (κ1) is 15.9. The minimum atomic E-state index is -4.36. The van der Waals surface area contributed by atoms with Gasteiger partial charge in [-0.15, -0.1) is 11.3 Å². The summed E-state index contributed by atoms with van der Waals surface area (Å²) in [5.74, 6) is 0.523. The Morgan fingerprint density at radius 3 is 2.39 bits per heavy atom. The van der Waals surface area contributed by atoms with E-state index in [4.69, 9.17) is 4.52 Å². The van der Waals surface area contributed by atoms with Crippen molar-refractivity contribution < 1.29 is 17.7 Å². The highest BCUT2D eigenvalue weighted by Gasteiger charge is 2.30. The van der Waals surface area contributed by atoms with Crippen molar-refractivity contribution in [2.24, 2.45) is 0 Å². The third-order valence-corrected chi connectivity index (χ3v) is 4.49. The van der Waals surface area contributed by atoms with E-state index in [2.05, 4.69) is 26.1 Å². The molecule has 23 heavy (non-hydrogen) atoms. The molecule has 0 spiro atoms. The van der Waals surface area contributed by atoms with Crippen molar-refractivity contribution >= 4 is 39.4 Å². The molecule has 3 nitrogen and oxygen atoms in total. The summed E-state index contributed by atoms with van der Waals surface area (Å²) in [4.78, 5) is 5.15. The van der Waals surface area contributed by atoms with Crippen molar-refractivity contribution in [1.29, 1.82) is 0 Å². The van der Waals surface area contributed by atoms with Gasteiger partial charge in [0.05, 0.1) is 9.35 Å². The lowest BCUT2D eigenvalue weighted by Gasteiger charge is -2.05. The van der Waals surface area contributed by atoms with Crippen LogP contribution < -0.4 is 0 Å². The average molecular weight is 401 g/mol. The van der Waals surface area contributed by atoms with Crippen LogP contribution >= 0.6 is 27.3 Å². The van der Waals surface area contributed by atoms with Gasteiger partial charge in [-0.2, -0.15) is 18.2 Å². The molecule has 0 N–H and O–H groups in total. The largest absolute Gasteiger partial charge is 0.416 e. The number of benzene rings is 1. The van der Waals surface area contributed by atoms with Crippen LogP contribution in [0.15, 0.2) is 44.7 Å². The van der Waals surface area contributed by atoms with Crippen LogP contribution in [0.25, 0.3) is 23.5 Å². The van der Waals surface area contributed by atoms with Gasteiger partial charge in [0.15, 0.2) is 0 Å². The predicted molar refractivity (Wildman–Crippen MR) is 85.7 cm³/mol. The normalized spacial score (nSPS) is 12.2. The second-order valence-electron chi connectivity index (χ2n) is 4.51. The predicted octanol–water partition coefficient (Wildman–Crippen LogP) is 5.75. The Kier molecular flexibility index (Phi) is 4.36. The van der Waals surface area contributed by atoms with E-state index in [-0.39, 0.29) is 11.7 Å². The van der Waals surface area contributed by atoms with Crippen molar-refractivity contribution in [3.63, 3.8) is 0 Å². The van der Waals surface area contributed by atoms with Crippen molar-refractivity contribution in [2.45, 2.75) is 6.18 Å². The van der Waals surface area contributed by atoms with Crippen LogP contribution in [0.2, 0.25) is 0 Å². The summed E-state index contributed by atoms with van der Waals surface area (Å²) in [6.45, 7) is 0. The molecule has 3 rings (SSSR count). The van der Waals surface area contributed by atoms with E-state index >= 15 is 0 Å². The quantitative estimate of drug-likeness (QED) is 0.561. The van der Waals surface area contributed by atoms with Crippen molar-refractivity contribution in [1.82, 2.24) is 10.1 Å². The number of thiophene rings is 1. The molecule has 8 heteroatoms. The molecule has 0 bridgehead atoms. The molecule has 0 radical (unpaired) electrons. The first-order chi connectivity index (χ1) is 10.9. The first-order valence-corrected chi connectivity index (χ1v) is 7.97. The van der Waals surface area contributed by atoms with Gasteiger partial charge in [-0.05, 0) is 46.3 Å². The maximum atomic E-state index is 12.5. The van der Waals surface area contributed by atoms with Gasteiger partial charge in [0.2, 0.25) is 5.82 Å². The van der Waals surface area contributed by atoms with E-state index in [0.29, 0.717) is 5.56 Å². The molecule has 0 unspecified atom stereocenters. The number of nitrogens with zero attached hydrogens (tertiary/aromatic N) is 2. The highest BCUT2D eigenvalue weighted by Crippen LogP contribution is 2.30. The van der Waals surface area contributed by atoms with Crippen molar-refractivity contribution in [3.8, 4) is 11.4 Å². The van der Waals surface area contributed by atoms with Gasteiger partial charge in [-0.1, -0.05) is 17.3 Å². The van der Waals surface area contributed by atoms with Gasteiger partial charge < -0.3 is 4.52 Å². The fourth-order valence-corrected chi connectivity index (χ4v) is 3.13. The Hall–Kier alpha value is -1.93. The maximum Gasteiger partial charge on any atom is 0.416 e. The Labute approximate surface area is 141 Å². The number of halogens is 4. The number of aromatic nitrogens is 2. The van der Waals surface area contributed by atoms with E-state index in [0.717, 1.165) is 20.8 Å². The fraction of sp³-hybridized carbons (Fsp3) is 0.0667. The number of rotatable bonds is 3. The molecule has 1 aromatic carbocycles. The average Bonchev–Trinajstić information content (AvgIpc) is 3.13. The molecule has 0 fully saturated rings. The second kappa shape index (κ2) is 6.29. The van der Waals surface area contributed by atoms with E-state index in [9.17, 15) is 13.2 Å². The molecule has 2 heterocycles. The highest BCUT2D eigenvalue weighted by molar-refractivity contribution is 9.11. The zero-order chi connectivity index (χ0) is 16.4.